The summed E-state index contributed by atoms with van der Waals surface area (Å²) in [6.45, 7) is 0.301. The van der Waals surface area contributed by atoms with Crippen LogP contribution in [0, 0.1) is 0 Å². The van der Waals surface area contributed by atoms with E-state index in [4.69, 9.17) is 26.4 Å². The summed E-state index contributed by atoms with van der Waals surface area (Å²) in [7, 11) is 0. The van der Waals surface area contributed by atoms with Gasteiger partial charge in [-0.25, -0.2) is 0 Å². The lowest BCUT2D eigenvalue weighted by Crippen LogP contribution is -2.33. The van der Waals surface area contributed by atoms with E-state index in [9.17, 15) is 4.79 Å². The molecular formula is C7H16N2O4. The number of carboxylic acids is 1. The van der Waals surface area contributed by atoms with Crippen LogP contribution in [0.15, 0.2) is 0 Å². The van der Waals surface area contributed by atoms with E-state index in [2.05, 4.69) is 0 Å². The number of carboxylic acid groups (broad SMARTS) is 1. The van der Waals surface area contributed by atoms with Crippen LogP contribution >= 0.6 is 0 Å². The lowest BCUT2D eigenvalue weighted by molar-refractivity contribution is -0.139. The van der Waals surface area contributed by atoms with Crippen LogP contribution in [0.2, 0.25) is 0 Å². The van der Waals surface area contributed by atoms with Gasteiger partial charge in [-0.2, -0.15) is 0 Å². The average molecular weight is 192 g/mol. The summed E-state index contributed by atoms with van der Waals surface area (Å²) in [6.07, 6.45) is 0.244. The van der Waals surface area contributed by atoms with Crippen LogP contribution in [0.25, 0.3) is 0 Å². The maximum atomic E-state index is 10.2. The molecule has 0 fully saturated rings. The van der Waals surface area contributed by atoms with Gasteiger partial charge in [-0.1, -0.05) is 0 Å². The summed E-state index contributed by atoms with van der Waals surface area (Å²) < 4.78 is 4.98. The van der Waals surface area contributed by atoms with Gasteiger partial charge in [0.1, 0.15) is 6.04 Å². The van der Waals surface area contributed by atoms with Gasteiger partial charge in [0.05, 0.1) is 19.3 Å². The zero-order valence-electron chi connectivity index (χ0n) is 7.35. The number of aliphatic carboxylic acids is 1. The summed E-state index contributed by atoms with van der Waals surface area (Å²) in [4.78, 5) is 10.2. The molecule has 6 heteroatoms. The van der Waals surface area contributed by atoms with E-state index < -0.39 is 18.1 Å². The van der Waals surface area contributed by atoms with Gasteiger partial charge in [-0.05, 0) is 6.42 Å². The van der Waals surface area contributed by atoms with Gasteiger partial charge in [0.2, 0.25) is 0 Å². The molecule has 0 spiro atoms. The molecule has 0 aliphatic heterocycles. The second-order valence-electron chi connectivity index (χ2n) is 2.75. The van der Waals surface area contributed by atoms with Gasteiger partial charge in [0.25, 0.3) is 0 Å². The Bertz CT molecular complexity index is 153. The molecule has 1 unspecified atom stereocenters. The molecule has 0 amide bonds. The Morgan fingerprint density at radius 2 is 2.08 bits per heavy atom. The van der Waals surface area contributed by atoms with Crippen LogP contribution in [0.3, 0.4) is 0 Å². The van der Waals surface area contributed by atoms with Crippen LogP contribution in [-0.4, -0.2) is 48.1 Å². The second kappa shape index (κ2) is 6.79. The van der Waals surface area contributed by atoms with Gasteiger partial charge in [-0.3, -0.25) is 4.79 Å². The quantitative estimate of drug-likeness (QED) is 0.351. The first-order chi connectivity index (χ1) is 6.07. The van der Waals surface area contributed by atoms with Crippen molar-refractivity contribution < 1.29 is 19.7 Å². The standard InChI is InChI=1S/C7H16N2O4/c8-5(3-10)4-13-2-1-6(9)7(11)12/h5-6,10H,1-4,8-9H2,(H,11,12)/t5?,6-/m0/s1. The molecule has 13 heavy (non-hydrogen) atoms. The third-order valence-corrected chi connectivity index (χ3v) is 1.46. The maximum absolute atomic E-state index is 10.2. The van der Waals surface area contributed by atoms with Crippen molar-refractivity contribution in [3.8, 4) is 0 Å². The van der Waals surface area contributed by atoms with Crippen LogP contribution in [0.5, 0.6) is 0 Å². The number of nitrogens with two attached hydrogens (primary N) is 2. The topological polar surface area (TPSA) is 119 Å². The molecule has 78 valence electrons. The van der Waals surface area contributed by atoms with Crippen LogP contribution < -0.4 is 11.5 Å². The van der Waals surface area contributed by atoms with Crippen molar-refractivity contribution in [1.29, 1.82) is 0 Å². The minimum absolute atomic E-state index is 0.148. The smallest absolute Gasteiger partial charge is 0.320 e. The fraction of sp³-hybridized carbons (Fsp3) is 0.857. The fourth-order valence-corrected chi connectivity index (χ4v) is 0.621. The lowest BCUT2D eigenvalue weighted by Gasteiger charge is -2.10. The van der Waals surface area contributed by atoms with Crippen molar-refractivity contribution in [2.45, 2.75) is 18.5 Å². The van der Waals surface area contributed by atoms with Crippen molar-refractivity contribution in [3.05, 3.63) is 0 Å². The Kier molecular flexibility index (Phi) is 6.43. The van der Waals surface area contributed by atoms with E-state index in [-0.39, 0.29) is 26.2 Å². The van der Waals surface area contributed by atoms with E-state index in [0.29, 0.717) is 0 Å². The zero-order chi connectivity index (χ0) is 10.3. The molecule has 0 radical (unpaired) electrons. The minimum Gasteiger partial charge on any atom is -0.480 e. The molecule has 6 N–H and O–H groups in total. The normalized spacial score (nSPS) is 15.3. The number of aliphatic hydroxyl groups excluding tert-OH is 1. The van der Waals surface area contributed by atoms with Gasteiger partial charge in [0, 0.05) is 6.61 Å². The Labute approximate surface area is 76.5 Å². The predicted molar refractivity (Wildman–Crippen MR) is 46.1 cm³/mol. The first-order valence-corrected chi connectivity index (χ1v) is 4.00. The molecule has 6 nitrogen and oxygen atoms in total. The molecule has 0 aliphatic carbocycles. The summed E-state index contributed by atoms with van der Waals surface area (Å²) in [5, 5.41) is 16.9. The fourth-order valence-electron chi connectivity index (χ4n) is 0.621. The van der Waals surface area contributed by atoms with Crippen LogP contribution in [-0.2, 0) is 9.53 Å². The molecule has 0 bridgehead atoms. The number of hydrogen-bond acceptors (Lipinski definition) is 5. The third-order valence-electron chi connectivity index (χ3n) is 1.46. The third kappa shape index (κ3) is 6.47. The van der Waals surface area contributed by atoms with E-state index in [1.807, 2.05) is 0 Å². The first kappa shape index (κ1) is 12.3. The van der Waals surface area contributed by atoms with Gasteiger partial charge in [0.15, 0.2) is 0 Å². The Morgan fingerprint density at radius 1 is 1.46 bits per heavy atom. The molecule has 0 saturated heterocycles. The summed E-state index contributed by atoms with van der Waals surface area (Å²) in [5.74, 6) is -1.05. The molecule has 0 rings (SSSR count). The summed E-state index contributed by atoms with van der Waals surface area (Å²) in [5.41, 5.74) is 10.5. The highest BCUT2D eigenvalue weighted by Gasteiger charge is 2.10. The Balaban J connectivity index is 3.30. The van der Waals surface area contributed by atoms with Crippen molar-refractivity contribution in [2.75, 3.05) is 19.8 Å². The molecule has 0 aromatic rings. The first-order valence-electron chi connectivity index (χ1n) is 4.00. The molecule has 0 aromatic carbocycles. The monoisotopic (exact) mass is 192 g/mol. The molecule has 0 aliphatic rings. The molecule has 2 atom stereocenters. The van der Waals surface area contributed by atoms with Crippen molar-refractivity contribution in [2.24, 2.45) is 11.5 Å². The van der Waals surface area contributed by atoms with Gasteiger partial charge >= 0.3 is 5.97 Å². The van der Waals surface area contributed by atoms with Gasteiger partial charge < -0.3 is 26.4 Å². The number of carbonyl (C=O) groups is 1. The molecule has 0 heterocycles. The van der Waals surface area contributed by atoms with E-state index in [0.717, 1.165) is 0 Å². The molecule has 0 saturated carbocycles. The predicted octanol–water partition coefficient (Wildman–Crippen LogP) is -1.88. The Morgan fingerprint density at radius 3 is 2.54 bits per heavy atom. The van der Waals surface area contributed by atoms with E-state index >= 15 is 0 Å². The van der Waals surface area contributed by atoms with Crippen molar-refractivity contribution >= 4 is 5.97 Å². The van der Waals surface area contributed by atoms with E-state index in [1.54, 1.807) is 0 Å². The number of rotatable bonds is 7. The van der Waals surface area contributed by atoms with Crippen LogP contribution in [0.4, 0.5) is 0 Å². The molecule has 0 aromatic heterocycles. The summed E-state index contributed by atoms with van der Waals surface area (Å²) >= 11 is 0. The highest BCUT2D eigenvalue weighted by molar-refractivity contribution is 5.72. The summed E-state index contributed by atoms with van der Waals surface area (Å²) in [6, 6.07) is -1.31. The number of aliphatic hydroxyl groups is 1. The highest BCUT2D eigenvalue weighted by Crippen LogP contribution is 1.90. The minimum atomic E-state index is -1.05. The SMILES string of the molecule is NC(CO)COCC[C@H](N)C(=O)O. The van der Waals surface area contributed by atoms with Crippen molar-refractivity contribution in [3.63, 3.8) is 0 Å². The number of ether oxygens (including phenoxy) is 1. The van der Waals surface area contributed by atoms with E-state index in [1.165, 1.54) is 0 Å². The zero-order valence-corrected chi connectivity index (χ0v) is 7.35. The van der Waals surface area contributed by atoms with Crippen LogP contribution in [0.1, 0.15) is 6.42 Å². The van der Waals surface area contributed by atoms with Gasteiger partial charge in [-0.15, -0.1) is 0 Å². The number of hydrogen-bond donors (Lipinski definition) is 4. The highest BCUT2D eigenvalue weighted by atomic mass is 16.5. The second-order valence-corrected chi connectivity index (χ2v) is 2.75. The Hall–Kier alpha value is -0.690. The van der Waals surface area contributed by atoms with Crippen molar-refractivity contribution in [1.82, 2.24) is 0 Å². The largest absolute Gasteiger partial charge is 0.480 e. The average Bonchev–Trinajstić information content (AvgIpc) is 2.11. The maximum Gasteiger partial charge on any atom is 0.320 e. The lowest BCUT2D eigenvalue weighted by atomic mass is 10.2. The molecular weight excluding hydrogens is 176 g/mol.